The van der Waals surface area contributed by atoms with Gasteiger partial charge < -0.3 is 10.1 Å². The van der Waals surface area contributed by atoms with E-state index in [9.17, 15) is 0 Å². The second kappa shape index (κ2) is 6.02. The third kappa shape index (κ3) is 2.93. The Morgan fingerprint density at radius 2 is 2.14 bits per heavy atom. The second-order valence-electron chi connectivity index (χ2n) is 6.97. The summed E-state index contributed by atoms with van der Waals surface area (Å²) in [6.07, 6.45) is 4.74. The minimum atomic E-state index is 0.0507. The molecule has 1 aromatic rings. The first-order valence-electron chi connectivity index (χ1n) is 8.18. The molecular weight excluding hydrogens is 326 g/mol. The molecule has 3 atom stereocenters. The number of piperidine rings is 1. The molecule has 2 fully saturated rings. The zero-order valence-corrected chi connectivity index (χ0v) is 14.7. The summed E-state index contributed by atoms with van der Waals surface area (Å²) in [4.78, 5) is 0. The number of halogens is 1. The van der Waals surface area contributed by atoms with Gasteiger partial charge >= 0.3 is 0 Å². The number of rotatable bonds is 2. The van der Waals surface area contributed by atoms with Crippen molar-refractivity contribution in [2.24, 2.45) is 5.41 Å². The van der Waals surface area contributed by atoms with E-state index in [2.05, 4.69) is 59.4 Å². The molecule has 2 saturated heterocycles. The SMILES string of the molecule is CCC1(C)CC2(CCNCC2c2ccccc2Br)CCO1. The molecule has 1 aromatic carbocycles. The van der Waals surface area contributed by atoms with Crippen LogP contribution in [0, 0.1) is 5.41 Å². The van der Waals surface area contributed by atoms with Crippen molar-refractivity contribution in [2.75, 3.05) is 19.7 Å². The van der Waals surface area contributed by atoms with Gasteiger partial charge in [-0.25, -0.2) is 0 Å². The highest BCUT2D eigenvalue weighted by Crippen LogP contribution is 2.53. The second-order valence-corrected chi connectivity index (χ2v) is 7.82. The van der Waals surface area contributed by atoms with Crippen molar-refractivity contribution in [3.05, 3.63) is 34.3 Å². The third-order valence-electron chi connectivity index (χ3n) is 5.69. The molecule has 0 aliphatic carbocycles. The molecule has 0 saturated carbocycles. The molecule has 0 amide bonds. The molecule has 0 bridgehead atoms. The van der Waals surface area contributed by atoms with E-state index in [-0.39, 0.29) is 5.60 Å². The first kappa shape index (κ1) is 15.5. The van der Waals surface area contributed by atoms with Crippen LogP contribution in [0.1, 0.15) is 51.0 Å². The minimum absolute atomic E-state index is 0.0507. The van der Waals surface area contributed by atoms with Gasteiger partial charge in [0.2, 0.25) is 0 Å². The monoisotopic (exact) mass is 351 g/mol. The van der Waals surface area contributed by atoms with E-state index < -0.39 is 0 Å². The standard InChI is InChI=1S/C18H26BrNO/c1-3-17(2)13-18(9-11-21-17)8-10-20-12-15(18)14-6-4-5-7-16(14)19/h4-7,15,20H,3,8-13H2,1-2H3. The van der Waals surface area contributed by atoms with E-state index in [0.717, 1.165) is 26.1 Å². The summed E-state index contributed by atoms with van der Waals surface area (Å²) in [5, 5.41) is 3.62. The van der Waals surface area contributed by atoms with Crippen LogP contribution in [-0.2, 0) is 4.74 Å². The van der Waals surface area contributed by atoms with Gasteiger partial charge in [-0.1, -0.05) is 41.1 Å². The summed E-state index contributed by atoms with van der Waals surface area (Å²) in [5.41, 5.74) is 1.90. The molecular formula is C18H26BrNO. The van der Waals surface area contributed by atoms with Crippen LogP contribution < -0.4 is 5.32 Å². The molecule has 3 unspecified atom stereocenters. The predicted molar refractivity (Wildman–Crippen MR) is 90.7 cm³/mol. The van der Waals surface area contributed by atoms with Crippen molar-refractivity contribution in [1.29, 1.82) is 0 Å². The Morgan fingerprint density at radius 3 is 2.90 bits per heavy atom. The summed E-state index contributed by atoms with van der Waals surface area (Å²) in [5.74, 6) is 0.580. The minimum Gasteiger partial charge on any atom is -0.375 e. The molecule has 0 radical (unpaired) electrons. The number of hydrogen-bond acceptors (Lipinski definition) is 2. The fourth-order valence-electron chi connectivity index (χ4n) is 4.29. The van der Waals surface area contributed by atoms with E-state index >= 15 is 0 Å². The third-order valence-corrected chi connectivity index (χ3v) is 6.41. The largest absolute Gasteiger partial charge is 0.375 e. The van der Waals surface area contributed by atoms with Crippen molar-refractivity contribution >= 4 is 15.9 Å². The van der Waals surface area contributed by atoms with E-state index in [1.807, 2.05) is 0 Å². The van der Waals surface area contributed by atoms with Gasteiger partial charge in [0.15, 0.2) is 0 Å². The molecule has 2 heterocycles. The van der Waals surface area contributed by atoms with Crippen LogP contribution in [0.2, 0.25) is 0 Å². The highest BCUT2D eigenvalue weighted by molar-refractivity contribution is 9.10. The Labute approximate surface area is 136 Å². The quantitative estimate of drug-likeness (QED) is 0.847. The maximum Gasteiger partial charge on any atom is 0.0657 e. The van der Waals surface area contributed by atoms with Gasteiger partial charge in [0.25, 0.3) is 0 Å². The van der Waals surface area contributed by atoms with Gasteiger partial charge in [0, 0.05) is 23.5 Å². The fraction of sp³-hybridized carbons (Fsp3) is 0.667. The van der Waals surface area contributed by atoms with Crippen LogP contribution in [0.15, 0.2) is 28.7 Å². The van der Waals surface area contributed by atoms with Crippen LogP contribution >= 0.6 is 15.9 Å². The van der Waals surface area contributed by atoms with Crippen molar-refractivity contribution in [3.63, 3.8) is 0 Å². The maximum atomic E-state index is 6.12. The van der Waals surface area contributed by atoms with E-state index in [4.69, 9.17) is 4.74 Å². The molecule has 1 N–H and O–H groups in total. The first-order valence-corrected chi connectivity index (χ1v) is 8.97. The first-order chi connectivity index (χ1) is 10.1. The van der Waals surface area contributed by atoms with E-state index in [1.54, 1.807) is 0 Å². The highest BCUT2D eigenvalue weighted by Gasteiger charge is 2.48. The highest BCUT2D eigenvalue weighted by atomic mass is 79.9. The molecule has 3 rings (SSSR count). The van der Waals surface area contributed by atoms with Crippen LogP contribution in [0.4, 0.5) is 0 Å². The molecule has 116 valence electrons. The number of benzene rings is 1. The zero-order chi connectivity index (χ0) is 14.9. The fourth-order valence-corrected chi connectivity index (χ4v) is 4.86. The number of ether oxygens (including phenoxy) is 1. The topological polar surface area (TPSA) is 21.3 Å². The van der Waals surface area contributed by atoms with Gasteiger partial charge in [-0.2, -0.15) is 0 Å². The van der Waals surface area contributed by atoms with Gasteiger partial charge in [0.1, 0.15) is 0 Å². The summed E-state index contributed by atoms with van der Waals surface area (Å²) < 4.78 is 7.38. The normalized spacial score (nSPS) is 36.8. The van der Waals surface area contributed by atoms with Crippen molar-refractivity contribution in [1.82, 2.24) is 5.32 Å². The summed E-state index contributed by atoms with van der Waals surface area (Å²) in [6, 6.07) is 8.75. The molecule has 3 heteroatoms. The van der Waals surface area contributed by atoms with E-state index in [0.29, 0.717) is 11.3 Å². The zero-order valence-electron chi connectivity index (χ0n) is 13.1. The Hall–Kier alpha value is -0.380. The number of hydrogen-bond donors (Lipinski definition) is 1. The molecule has 2 aliphatic rings. The summed E-state index contributed by atoms with van der Waals surface area (Å²) >= 11 is 3.77. The van der Waals surface area contributed by atoms with Gasteiger partial charge in [-0.15, -0.1) is 0 Å². The molecule has 21 heavy (non-hydrogen) atoms. The lowest BCUT2D eigenvalue weighted by atomic mass is 9.60. The maximum absolute atomic E-state index is 6.12. The predicted octanol–water partition coefficient (Wildman–Crippen LogP) is 4.49. The Balaban J connectivity index is 1.96. The average molecular weight is 352 g/mol. The van der Waals surface area contributed by atoms with Gasteiger partial charge in [0.05, 0.1) is 5.60 Å². The summed E-state index contributed by atoms with van der Waals surface area (Å²) in [6.45, 7) is 7.69. The molecule has 2 nitrogen and oxygen atoms in total. The average Bonchev–Trinajstić information content (AvgIpc) is 2.49. The Kier molecular flexibility index (Phi) is 4.45. The van der Waals surface area contributed by atoms with Crippen LogP contribution in [0.3, 0.4) is 0 Å². The lowest BCUT2D eigenvalue weighted by molar-refractivity contribution is -0.130. The van der Waals surface area contributed by atoms with Crippen LogP contribution in [-0.4, -0.2) is 25.3 Å². The van der Waals surface area contributed by atoms with Crippen molar-refractivity contribution in [2.45, 2.75) is 51.0 Å². The smallest absolute Gasteiger partial charge is 0.0657 e. The van der Waals surface area contributed by atoms with Crippen LogP contribution in [0.5, 0.6) is 0 Å². The number of nitrogens with one attached hydrogen (secondary N) is 1. The van der Waals surface area contributed by atoms with Gasteiger partial charge in [-0.3, -0.25) is 0 Å². The summed E-state index contributed by atoms with van der Waals surface area (Å²) in [7, 11) is 0. The molecule has 1 spiro atoms. The molecule has 2 aliphatic heterocycles. The van der Waals surface area contributed by atoms with Gasteiger partial charge in [-0.05, 0) is 56.2 Å². The lowest BCUT2D eigenvalue weighted by Gasteiger charge is -2.52. The van der Waals surface area contributed by atoms with Crippen LogP contribution in [0.25, 0.3) is 0 Å². The van der Waals surface area contributed by atoms with Crippen molar-refractivity contribution in [3.8, 4) is 0 Å². The van der Waals surface area contributed by atoms with E-state index in [1.165, 1.54) is 29.3 Å². The molecule has 0 aromatic heterocycles. The Morgan fingerprint density at radius 1 is 1.33 bits per heavy atom. The lowest BCUT2D eigenvalue weighted by Crippen LogP contribution is -2.51. The Bertz CT molecular complexity index is 502. The van der Waals surface area contributed by atoms with Crippen molar-refractivity contribution < 1.29 is 4.74 Å².